The van der Waals surface area contributed by atoms with Crippen molar-refractivity contribution in [1.29, 1.82) is 0 Å². The van der Waals surface area contributed by atoms with Gasteiger partial charge in [-0.25, -0.2) is 0 Å². The summed E-state index contributed by atoms with van der Waals surface area (Å²) in [7, 11) is 0. The van der Waals surface area contributed by atoms with Gasteiger partial charge in [-0.1, -0.05) is 109 Å². The largest absolute Gasteiger partial charge is 0.256 e. The zero-order valence-corrected chi connectivity index (χ0v) is 31.0. The lowest BCUT2D eigenvalue weighted by atomic mass is 9.84. The number of pyridine rings is 4. The Morgan fingerprint density at radius 1 is 0.339 bits per heavy atom. The maximum absolute atomic E-state index is 4.93. The topological polar surface area (TPSA) is 51.6 Å². The first-order chi connectivity index (χ1) is 27.6. The van der Waals surface area contributed by atoms with Gasteiger partial charge in [0.2, 0.25) is 0 Å². The Morgan fingerprint density at radius 3 is 1.55 bits per heavy atom. The van der Waals surface area contributed by atoms with Gasteiger partial charge < -0.3 is 0 Å². The molecule has 0 amide bonds. The summed E-state index contributed by atoms with van der Waals surface area (Å²) < 4.78 is 0. The van der Waals surface area contributed by atoms with Gasteiger partial charge in [-0.15, -0.1) is 0 Å². The third-order valence-corrected chi connectivity index (χ3v) is 11.4. The van der Waals surface area contributed by atoms with Crippen molar-refractivity contribution in [3.8, 4) is 55.9 Å². The van der Waals surface area contributed by atoms with E-state index in [4.69, 9.17) is 9.97 Å². The monoisotopic (exact) mass is 714 g/mol. The molecule has 0 spiro atoms. The smallest absolute Gasteiger partial charge is 0.0718 e. The van der Waals surface area contributed by atoms with Crippen LogP contribution in [0.3, 0.4) is 0 Å². The molecule has 7 aromatic carbocycles. The highest BCUT2D eigenvalue weighted by atomic mass is 14.7. The summed E-state index contributed by atoms with van der Waals surface area (Å²) in [5.74, 6) is 0. The first kappa shape index (κ1) is 32.2. The molecule has 0 unspecified atom stereocenters. The maximum Gasteiger partial charge on any atom is 0.0718 e. The molecule has 0 aliphatic heterocycles. The molecule has 4 aromatic heterocycles. The van der Waals surface area contributed by atoms with Crippen molar-refractivity contribution in [3.63, 3.8) is 0 Å². The average molecular weight is 715 g/mol. The van der Waals surface area contributed by atoms with Gasteiger partial charge in [0.25, 0.3) is 0 Å². The maximum atomic E-state index is 4.93. The molecular weight excluding hydrogens is 681 g/mol. The van der Waals surface area contributed by atoms with Crippen molar-refractivity contribution in [3.05, 3.63) is 182 Å². The highest BCUT2D eigenvalue weighted by Gasteiger charge is 2.18. The fraction of sp³-hybridized carbons (Fsp3) is 0.0385. The first-order valence-electron chi connectivity index (χ1n) is 19.0. The number of aryl methyl sites for hydroxylation is 2. The molecule has 11 aromatic rings. The van der Waals surface area contributed by atoms with Crippen LogP contribution in [0.4, 0.5) is 0 Å². The zero-order chi connectivity index (χ0) is 37.3. The van der Waals surface area contributed by atoms with Gasteiger partial charge in [-0.05, 0) is 116 Å². The molecule has 262 valence electrons. The second kappa shape index (κ2) is 12.6. The lowest BCUT2D eigenvalue weighted by Gasteiger charge is -2.19. The Morgan fingerprint density at radius 2 is 0.893 bits per heavy atom. The summed E-state index contributed by atoms with van der Waals surface area (Å²) in [5.41, 5.74) is 15.4. The van der Waals surface area contributed by atoms with Crippen molar-refractivity contribution in [1.82, 2.24) is 19.9 Å². The molecule has 0 radical (unpaired) electrons. The Bertz CT molecular complexity index is 3310. The molecule has 0 atom stereocenters. The Labute approximate surface area is 324 Å². The van der Waals surface area contributed by atoms with E-state index in [1.54, 1.807) is 0 Å². The molecule has 0 aliphatic carbocycles. The van der Waals surface area contributed by atoms with E-state index in [0.717, 1.165) is 61.0 Å². The van der Waals surface area contributed by atoms with Crippen LogP contribution in [0.1, 0.15) is 11.1 Å². The summed E-state index contributed by atoms with van der Waals surface area (Å²) in [6.45, 7) is 4.47. The first-order valence-corrected chi connectivity index (χ1v) is 19.0. The predicted octanol–water partition coefficient (Wildman–Crippen LogP) is 13.4. The van der Waals surface area contributed by atoms with Gasteiger partial charge in [-0.3, -0.25) is 19.9 Å². The molecular formula is C52H34N4. The standard InChI is InChI=1S/C52H34N4/c1-31-23-34(38-15-21-48(53-27-38)40-25-35-7-3-5-9-46(35)55-29-40)13-17-42(31)50-32(2)24-37-14-19-44-43(18-11-33-12-20-45(50)52(37)51(33)44)39-16-22-49(54-28-39)41-26-36-8-4-6-10-47(36)56-30-41/h3-30H,1-2H3. The van der Waals surface area contributed by atoms with Crippen LogP contribution < -0.4 is 0 Å². The van der Waals surface area contributed by atoms with Gasteiger partial charge in [0, 0.05) is 57.8 Å². The molecule has 4 nitrogen and oxygen atoms in total. The molecule has 4 heterocycles. The molecule has 56 heavy (non-hydrogen) atoms. The highest BCUT2D eigenvalue weighted by Crippen LogP contribution is 2.44. The van der Waals surface area contributed by atoms with Crippen LogP contribution in [-0.4, -0.2) is 19.9 Å². The Balaban J connectivity index is 0.960. The van der Waals surface area contributed by atoms with Crippen molar-refractivity contribution < 1.29 is 0 Å². The fourth-order valence-corrected chi connectivity index (χ4v) is 8.64. The summed E-state index contributed by atoms with van der Waals surface area (Å²) in [6, 6.07) is 52.1. The van der Waals surface area contributed by atoms with E-state index in [0.29, 0.717) is 0 Å². The SMILES string of the molecule is Cc1cc(-c2ccc(-c3cnc4ccccc4c3)nc2)ccc1-c1c(C)cc2ccc3c(-c4ccc(-c5cnc6ccccc6c5)nc4)ccc4ccc1c2c43. The van der Waals surface area contributed by atoms with Crippen molar-refractivity contribution in [2.45, 2.75) is 13.8 Å². The minimum atomic E-state index is 0.915. The molecule has 4 heteroatoms. The third kappa shape index (κ3) is 5.22. The van der Waals surface area contributed by atoms with Crippen LogP contribution in [0, 0.1) is 13.8 Å². The molecule has 0 N–H and O–H groups in total. The molecule has 11 rings (SSSR count). The number of benzene rings is 7. The van der Waals surface area contributed by atoms with Crippen LogP contribution in [-0.2, 0) is 0 Å². The van der Waals surface area contributed by atoms with Gasteiger partial charge in [0.15, 0.2) is 0 Å². The lowest BCUT2D eigenvalue weighted by Crippen LogP contribution is -1.94. The second-order valence-corrected chi connectivity index (χ2v) is 14.8. The number of nitrogens with zero attached hydrogens (tertiary/aromatic N) is 4. The van der Waals surface area contributed by atoms with E-state index in [9.17, 15) is 0 Å². The predicted molar refractivity (Wildman–Crippen MR) is 233 cm³/mol. The molecule has 0 saturated carbocycles. The normalized spacial score (nSPS) is 11.8. The quantitative estimate of drug-likeness (QED) is 0.167. The number of aromatic nitrogens is 4. The van der Waals surface area contributed by atoms with Crippen LogP contribution in [0.25, 0.3) is 110 Å². The van der Waals surface area contributed by atoms with Crippen LogP contribution in [0.5, 0.6) is 0 Å². The lowest BCUT2D eigenvalue weighted by molar-refractivity contribution is 1.30. The van der Waals surface area contributed by atoms with Crippen molar-refractivity contribution in [2.24, 2.45) is 0 Å². The van der Waals surface area contributed by atoms with Crippen molar-refractivity contribution >= 4 is 54.1 Å². The Kier molecular flexibility index (Phi) is 7.26. The van der Waals surface area contributed by atoms with Crippen LogP contribution in [0.15, 0.2) is 170 Å². The second-order valence-electron chi connectivity index (χ2n) is 14.8. The van der Waals surface area contributed by atoms with Crippen molar-refractivity contribution in [2.75, 3.05) is 0 Å². The molecule has 0 saturated heterocycles. The fourth-order valence-electron chi connectivity index (χ4n) is 8.64. The zero-order valence-electron chi connectivity index (χ0n) is 31.0. The summed E-state index contributed by atoms with van der Waals surface area (Å²) in [5, 5.41) is 9.84. The highest BCUT2D eigenvalue weighted by molar-refractivity contribution is 6.28. The number of hydrogen-bond acceptors (Lipinski definition) is 4. The van der Waals surface area contributed by atoms with Crippen LogP contribution in [0.2, 0.25) is 0 Å². The number of rotatable bonds is 5. The third-order valence-electron chi connectivity index (χ3n) is 11.4. The summed E-state index contributed by atoms with van der Waals surface area (Å²) >= 11 is 0. The number of hydrogen-bond donors (Lipinski definition) is 0. The minimum Gasteiger partial charge on any atom is -0.256 e. The van der Waals surface area contributed by atoms with Crippen LogP contribution >= 0.6 is 0 Å². The van der Waals surface area contributed by atoms with Gasteiger partial charge in [-0.2, -0.15) is 0 Å². The van der Waals surface area contributed by atoms with Gasteiger partial charge >= 0.3 is 0 Å². The summed E-state index contributed by atoms with van der Waals surface area (Å²) in [4.78, 5) is 19.1. The number of fused-ring (bicyclic) bond motifs is 2. The van der Waals surface area contributed by atoms with E-state index in [-0.39, 0.29) is 0 Å². The molecule has 0 aliphatic rings. The van der Waals surface area contributed by atoms with E-state index in [2.05, 4.69) is 133 Å². The van der Waals surface area contributed by atoms with E-state index in [1.165, 1.54) is 60.1 Å². The molecule has 0 fully saturated rings. The van der Waals surface area contributed by atoms with E-state index in [1.807, 2.05) is 61.2 Å². The van der Waals surface area contributed by atoms with Gasteiger partial charge in [0.1, 0.15) is 0 Å². The molecule has 0 bridgehead atoms. The number of para-hydroxylation sites is 2. The Hall–Kier alpha value is -7.30. The van der Waals surface area contributed by atoms with E-state index < -0.39 is 0 Å². The summed E-state index contributed by atoms with van der Waals surface area (Å²) in [6.07, 6.45) is 7.79. The minimum absolute atomic E-state index is 0.915. The average Bonchev–Trinajstić information content (AvgIpc) is 3.25. The van der Waals surface area contributed by atoms with E-state index >= 15 is 0 Å². The van der Waals surface area contributed by atoms with Gasteiger partial charge in [0.05, 0.1) is 22.4 Å².